The zero-order chi connectivity index (χ0) is 21.2. The third-order valence-electron chi connectivity index (χ3n) is 6.34. The molecular formula is C22H19FN6OS. The van der Waals surface area contributed by atoms with Crippen molar-refractivity contribution in [3.63, 3.8) is 0 Å². The van der Waals surface area contributed by atoms with Gasteiger partial charge in [0, 0.05) is 47.5 Å². The highest BCUT2D eigenvalue weighted by atomic mass is 32.1. The molecule has 1 N–H and O–H groups in total. The molecule has 1 aromatic carbocycles. The Labute approximate surface area is 181 Å². The SMILES string of the molecule is CC(N1Cc2nc(-c3ccncc3)sc2C1)C1(O)Cn2ncnc2-c2cc(F)ccc21. The summed E-state index contributed by atoms with van der Waals surface area (Å²) in [6, 6.07) is 8.18. The van der Waals surface area contributed by atoms with Crippen LogP contribution in [-0.2, 0) is 25.2 Å². The van der Waals surface area contributed by atoms with Crippen LogP contribution in [0.15, 0.2) is 49.1 Å². The summed E-state index contributed by atoms with van der Waals surface area (Å²) < 4.78 is 15.7. The molecule has 0 saturated heterocycles. The molecule has 4 aromatic rings. The highest BCUT2D eigenvalue weighted by molar-refractivity contribution is 7.15. The van der Waals surface area contributed by atoms with Crippen LogP contribution in [0, 0.1) is 5.82 Å². The van der Waals surface area contributed by atoms with Crippen molar-refractivity contribution in [2.24, 2.45) is 0 Å². The molecule has 6 rings (SSSR count). The first-order chi connectivity index (χ1) is 15.0. The average Bonchev–Trinajstić information content (AvgIpc) is 3.48. The molecule has 156 valence electrons. The first-order valence-electron chi connectivity index (χ1n) is 10.1. The normalized spacial score (nSPS) is 20.9. The molecule has 2 unspecified atom stereocenters. The molecule has 0 fully saturated rings. The number of aromatic nitrogens is 5. The molecule has 7 nitrogen and oxygen atoms in total. The minimum absolute atomic E-state index is 0.236. The third kappa shape index (κ3) is 2.84. The molecule has 0 aliphatic carbocycles. The summed E-state index contributed by atoms with van der Waals surface area (Å²) in [5, 5.41) is 17.1. The van der Waals surface area contributed by atoms with Crippen molar-refractivity contribution in [1.82, 2.24) is 29.6 Å². The molecule has 9 heteroatoms. The quantitative estimate of drug-likeness (QED) is 0.533. The first kappa shape index (κ1) is 18.7. The Kier molecular flexibility index (Phi) is 4.08. The lowest BCUT2D eigenvalue weighted by Crippen LogP contribution is -2.51. The fourth-order valence-electron chi connectivity index (χ4n) is 4.60. The summed E-state index contributed by atoms with van der Waals surface area (Å²) in [4.78, 5) is 16.6. The molecule has 0 radical (unpaired) electrons. The number of rotatable bonds is 3. The molecule has 3 aromatic heterocycles. The predicted molar refractivity (Wildman–Crippen MR) is 113 cm³/mol. The molecule has 0 bridgehead atoms. The van der Waals surface area contributed by atoms with Crippen molar-refractivity contribution >= 4 is 11.3 Å². The second kappa shape index (κ2) is 6.74. The van der Waals surface area contributed by atoms with E-state index in [0.717, 1.165) is 16.3 Å². The summed E-state index contributed by atoms with van der Waals surface area (Å²) in [7, 11) is 0. The number of hydrogen-bond donors (Lipinski definition) is 1. The van der Waals surface area contributed by atoms with Crippen molar-refractivity contribution in [3.05, 3.63) is 71.0 Å². The standard InChI is InChI=1S/C22H19FN6OS/c1-13(28-9-18-19(10-28)31-21(27-18)14-4-6-24-7-5-14)22(30)11-29-20(25-12-26-29)16-8-15(23)2-3-17(16)22/h2-8,12-13,30H,9-11H2,1H3. The smallest absolute Gasteiger partial charge is 0.158 e. The van der Waals surface area contributed by atoms with Gasteiger partial charge in [0.1, 0.15) is 22.8 Å². The van der Waals surface area contributed by atoms with Crippen LogP contribution in [0.5, 0.6) is 0 Å². The molecule has 2 aliphatic heterocycles. The van der Waals surface area contributed by atoms with Gasteiger partial charge in [0.05, 0.1) is 12.2 Å². The fourth-order valence-corrected chi connectivity index (χ4v) is 5.70. The van der Waals surface area contributed by atoms with E-state index in [4.69, 9.17) is 4.98 Å². The fraction of sp³-hybridized carbons (Fsp3) is 0.273. The maximum absolute atomic E-state index is 14.0. The minimum Gasteiger partial charge on any atom is -0.382 e. The molecule has 2 aliphatic rings. The van der Waals surface area contributed by atoms with E-state index in [0.29, 0.717) is 30.0 Å². The van der Waals surface area contributed by atoms with Gasteiger partial charge < -0.3 is 5.11 Å². The van der Waals surface area contributed by atoms with Gasteiger partial charge in [0.15, 0.2) is 5.82 Å². The van der Waals surface area contributed by atoms with E-state index in [1.165, 1.54) is 23.3 Å². The van der Waals surface area contributed by atoms with Gasteiger partial charge in [-0.25, -0.2) is 19.0 Å². The summed E-state index contributed by atoms with van der Waals surface area (Å²) in [5.41, 5.74) is 2.15. The molecule has 0 spiro atoms. The van der Waals surface area contributed by atoms with Crippen LogP contribution in [-0.4, -0.2) is 40.8 Å². The average molecular weight is 435 g/mol. The van der Waals surface area contributed by atoms with Crippen LogP contribution >= 0.6 is 11.3 Å². The van der Waals surface area contributed by atoms with E-state index in [1.807, 2.05) is 19.1 Å². The highest BCUT2D eigenvalue weighted by Gasteiger charge is 2.46. The molecule has 5 heterocycles. The third-order valence-corrected chi connectivity index (χ3v) is 7.47. The Hall–Kier alpha value is -3.01. The number of benzene rings is 1. The number of thiazole rings is 1. The van der Waals surface area contributed by atoms with Gasteiger partial charge >= 0.3 is 0 Å². The number of pyridine rings is 1. The summed E-state index contributed by atoms with van der Waals surface area (Å²) >= 11 is 1.68. The van der Waals surface area contributed by atoms with Crippen LogP contribution in [0.25, 0.3) is 22.0 Å². The molecule has 31 heavy (non-hydrogen) atoms. The number of fused-ring (bicyclic) bond motifs is 4. The lowest BCUT2D eigenvalue weighted by molar-refractivity contribution is -0.0650. The van der Waals surface area contributed by atoms with Crippen molar-refractivity contribution in [2.75, 3.05) is 0 Å². The van der Waals surface area contributed by atoms with Gasteiger partial charge in [0.25, 0.3) is 0 Å². The predicted octanol–water partition coefficient (Wildman–Crippen LogP) is 3.21. The van der Waals surface area contributed by atoms with E-state index in [1.54, 1.807) is 34.5 Å². The monoisotopic (exact) mass is 434 g/mol. The Morgan fingerprint density at radius 2 is 2.03 bits per heavy atom. The molecule has 2 atom stereocenters. The van der Waals surface area contributed by atoms with Crippen LogP contribution in [0.2, 0.25) is 0 Å². The van der Waals surface area contributed by atoms with E-state index < -0.39 is 5.60 Å². The van der Waals surface area contributed by atoms with E-state index in [2.05, 4.69) is 20.0 Å². The highest BCUT2D eigenvalue weighted by Crippen LogP contribution is 2.43. The Bertz CT molecular complexity index is 1260. The second-order valence-electron chi connectivity index (χ2n) is 8.06. The molecule has 0 amide bonds. The molecule has 0 saturated carbocycles. The number of nitrogens with zero attached hydrogens (tertiary/aromatic N) is 6. The Morgan fingerprint density at radius 3 is 2.84 bits per heavy atom. The van der Waals surface area contributed by atoms with Gasteiger partial charge in [0.2, 0.25) is 0 Å². The minimum atomic E-state index is -1.23. The van der Waals surface area contributed by atoms with Crippen LogP contribution < -0.4 is 0 Å². The second-order valence-corrected chi connectivity index (χ2v) is 9.14. The van der Waals surface area contributed by atoms with Gasteiger partial charge in [-0.3, -0.25) is 9.88 Å². The first-order valence-corrected chi connectivity index (χ1v) is 10.9. The lowest BCUT2D eigenvalue weighted by Gasteiger charge is -2.42. The Balaban J connectivity index is 1.32. The van der Waals surface area contributed by atoms with Gasteiger partial charge in [-0.15, -0.1) is 11.3 Å². The van der Waals surface area contributed by atoms with Crippen molar-refractivity contribution in [1.29, 1.82) is 0 Å². The van der Waals surface area contributed by atoms with E-state index in [-0.39, 0.29) is 18.4 Å². The van der Waals surface area contributed by atoms with Crippen molar-refractivity contribution in [3.8, 4) is 22.0 Å². The van der Waals surface area contributed by atoms with Crippen LogP contribution in [0.3, 0.4) is 0 Å². The van der Waals surface area contributed by atoms with Crippen molar-refractivity contribution in [2.45, 2.75) is 38.2 Å². The van der Waals surface area contributed by atoms with Gasteiger partial charge in [-0.1, -0.05) is 6.07 Å². The zero-order valence-electron chi connectivity index (χ0n) is 16.7. The van der Waals surface area contributed by atoms with E-state index >= 15 is 0 Å². The summed E-state index contributed by atoms with van der Waals surface area (Å²) in [5.74, 6) is 0.219. The van der Waals surface area contributed by atoms with E-state index in [9.17, 15) is 9.50 Å². The van der Waals surface area contributed by atoms with Crippen molar-refractivity contribution < 1.29 is 9.50 Å². The number of hydrogen-bond acceptors (Lipinski definition) is 7. The number of aliphatic hydroxyl groups is 1. The Morgan fingerprint density at radius 1 is 1.19 bits per heavy atom. The largest absolute Gasteiger partial charge is 0.382 e. The van der Waals surface area contributed by atoms with Crippen LogP contribution in [0.1, 0.15) is 23.1 Å². The van der Waals surface area contributed by atoms with Gasteiger partial charge in [-0.05, 0) is 36.8 Å². The maximum Gasteiger partial charge on any atom is 0.158 e. The summed E-state index contributed by atoms with van der Waals surface area (Å²) in [6.07, 6.45) is 4.99. The topological polar surface area (TPSA) is 80.0 Å². The van der Waals surface area contributed by atoms with Crippen LogP contribution in [0.4, 0.5) is 4.39 Å². The summed E-state index contributed by atoms with van der Waals surface area (Å²) in [6.45, 7) is 3.64. The number of halogens is 1. The molecular weight excluding hydrogens is 415 g/mol. The zero-order valence-corrected chi connectivity index (χ0v) is 17.6. The van der Waals surface area contributed by atoms with Gasteiger partial charge in [-0.2, -0.15) is 5.10 Å². The lowest BCUT2D eigenvalue weighted by atomic mass is 9.81. The maximum atomic E-state index is 14.0.